The summed E-state index contributed by atoms with van der Waals surface area (Å²) in [5.41, 5.74) is 0. The van der Waals surface area contributed by atoms with E-state index in [1.165, 1.54) is 6.08 Å². The zero-order valence-electron chi connectivity index (χ0n) is 11.6. The van der Waals surface area contributed by atoms with Gasteiger partial charge in [-0.25, -0.2) is 4.79 Å². The summed E-state index contributed by atoms with van der Waals surface area (Å²) < 4.78 is 21.7. The molecule has 0 unspecified atom stereocenters. The summed E-state index contributed by atoms with van der Waals surface area (Å²) in [6.45, 7) is 10.5. The van der Waals surface area contributed by atoms with Gasteiger partial charge in [0.05, 0.1) is 0 Å². The second-order valence-corrected chi connectivity index (χ2v) is 4.86. The van der Waals surface area contributed by atoms with Gasteiger partial charge in [-0.15, -0.1) is 0 Å². The van der Waals surface area contributed by atoms with Crippen LogP contribution in [0.1, 0.15) is 27.2 Å². The van der Waals surface area contributed by atoms with E-state index < -0.39 is 15.7 Å². The minimum Gasteiger partial charge on any atom is -0.522 e. The molecule has 0 aliphatic rings. The third-order valence-corrected chi connectivity index (χ3v) is 3.26. The number of hydrogen-bond donors (Lipinski definition) is 0. The first-order valence-electron chi connectivity index (χ1n) is 6.35. The standard InChI is InChI=1S/C12H24O5Si/c1-5-11(13)17-18-10-9-12(14-6-2,15-7-3)16-8-4/h5H,1,6-10,18H2,2-4H3. The summed E-state index contributed by atoms with van der Waals surface area (Å²) in [4.78, 5) is 10.9. The summed E-state index contributed by atoms with van der Waals surface area (Å²) in [5, 5.41) is 0. The molecule has 0 amide bonds. The summed E-state index contributed by atoms with van der Waals surface area (Å²) in [7, 11) is -0.939. The van der Waals surface area contributed by atoms with Gasteiger partial charge in [0.25, 0.3) is 5.97 Å². The van der Waals surface area contributed by atoms with Gasteiger partial charge in [0.2, 0.25) is 9.76 Å². The lowest BCUT2D eigenvalue weighted by atomic mass is 10.4. The van der Waals surface area contributed by atoms with E-state index in [0.29, 0.717) is 26.2 Å². The highest BCUT2D eigenvalue weighted by Crippen LogP contribution is 2.22. The largest absolute Gasteiger partial charge is 0.522 e. The number of carbonyl (C=O) groups is 1. The normalized spacial score (nSPS) is 11.9. The van der Waals surface area contributed by atoms with Gasteiger partial charge >= 0.3 is 5.97 Å². The Kier molecular flexibility index (Phi) is 9.86. The molecule has 0 bridgehead atoms. The fraction of sp³-hybridized carbons (Fsp3) is 0.750. The van der Waals surface area contributed by atoms with Gasteiger partial charge in [-0.05, 0) is 26.8 Å². The van der Waals surface area contributed by atoms with Crippen molar-refractivity contribution in [3.63, 3.8) is 0 Å². The molecular formula is C12H24O5Si. The van der Waals surface area contributed by atoms with Crippen molar-refractivity contribution in [2.75, 3.05) is 19.8 Å². The van der Waals surface area contributed by atoms with Crippen LogP contribution in [0.25, 0.3) is 0 Å². The predicted octanol–water partition coefficient (Wildman–Crippen LogP) is 1.37. The van der Waals surface area contributed by atoms with Crippen LogP contribution < -0.4 is 0 Å². The quantitative estimate of drug-likeness (QED) is 0.247. The van der Waals surface area contributed by atoms with E-state index in [2.05, 4.69) is 6.58 Å². The molecule has 0 fully saturated rings. The Hall–Kier alpha value is -0.693. The highest BCUT2D eigenvalue weighted by Gasteiger charge is 2.32. The first-order valence-corrected chi connectivity index (χ1v) is 7.92. The molecule has 0 spiro atoms. The third-order valence-electron chi connectivity index (χ3n) is 2.13. The topological polar surface area (TPSA) is 54.0 Å². The molecule has 6 heteroatoms. The van der Waals surface area contributed by atoms with Crippen molar-refractivity contribution in [2.45, 2.75) is 39.2 Å². The molecule has 0 N–H and O–H groups in total. The Morgan fingerprint density at radius 3 is 2.06 bits per heavy atom. The lowest BCUT2D eigenvalue weighted by Gasteiger charge is -2.32. The average molecular weight is 276 g/mol. The molecule has 0 rings (SSSR count). The van der Waals surface area contributed by atoms with Crippen LogP contribution in [0.15, 0.2) is 12.7 Å². The van der Waals surface area contributed by atoms with Crippen molar-refractivity contribution in [1.82, 2.24) is 0 Å². The molecule has 0 aliphatic heterocycles. The molecule has 18 heavy (non-hydrogen) atoms. The van der Waals surface area contributed by atoms with Crippen LogP contribution in [-0.4, -0.2) is 41.5 Å². The SMILES string of the molecule is C=CC(=O)O[SiH2]CCC(OCC)(OCC)OCC. The summed E-state index contributed by atoms with van der Waals surface area (Å²) in [6, 6.07) is 0.736. The van der Waals surface area contributed by atoms with E-state index in [1.54, 1.807) is 0 Å². The maximum absolute atomic E-state index is 10.9. The van der Waals surface area contributed by atoms with Crippen molar-refractivity contribution in [3.8, 4) is 0 Å². The second kappa shape index (κ2) is 10.2. The van der Waals surface area contributed by atoms with Crippen LogP contribution in [0.4, 0.5) is 0 Å². The van der Waals surface area contributed by atoms with Crippen LogP contribution in [0.3, 0.4) is 0 Å². The molecule has 0 aromatic carbocycles. The average Bonchev–Trinajstić information content (AvgIpc) is 2.35. The molecule has 0 aliphatic carbocycles. The molecule has 0 heterocycles. The zero-order chi connectivity index (χ0) is 13.9. The Balaban J connectivity index is 4.20. The first-order chi connectivity index (χ1) is 8.64. The van der Waals surface area contributed by atoms with Crippen LogP contribution in [0.5, 0.6) is 0 Å². The number of hydrogen-bond acceptors (Lipinski definition) is 5. The zero-order valence-corrected chi connectivity index (χ0v) is 13.0. The fourth-order valence-corrected chi connectivity index (χ4v) is 2.56. The monoisotopic (exact) mass is 276 g/mol. The first kappa shape index (κ1) is 17.3. The Morgan fingerprint density at radius 1 is 1.17 bits per heavy atom. The molecule has 0 radical (unpaired) electrons. The van der Waals surface area contributed by atoms with Crippen LogP contribution in [0, 0.1) is 0 Å². The smallest absolute Gasteiger partial charge is 0.316 e. The van der Waals surface area contributed by atoms with E-state index in [4.69, 9.17) is 18.6 Å². The minimum atomic E-state index is -0.994. The molecule has 5 nitrogen and oxygen atoms in total. The highest BCUT2D eigenvalue weighted by molar-refractivity contribution is 6.31. The van der Waals surface area contributed by atoms with Crippen LogP contribution in [0.2, 0.25) is 6.04 Å². The van der Waals surface area contributed by atoms with Gasteiger partial charge in [0.15, 0.2) is 0 Å². The summed E-state index contributed by atoms with van der Waals surface area (Å²) in [5.74, 6) is -1.36. The van der Waals surface area contributed by atoms with Crippen molar-refractivity contribution < 1.29 is 23.4 Å². The maximum atomic E-state index is 10.9. The van der Waals surface area contributed by atoms with E-state index in [9.17, 15) is 4.79 Å². The minimum absolute atomic E-state index is 0.364. The molecule has 106 valence electrons. The Labute approximate surface area is 111 Å². The van der Waals surface area contributed by atoms with Gasteiger partial charge < -0.3 is 18.6 Å². The number of rotatable bonds is 11. The number of ether oxygens (including phenoxy) is 3. The lowest BCUT2D eigenvalue weighted by molar-refractivity contribution is -0.377. The molecule has 0 aromatic heterocycles. The van der Waals surface area contributed by atoms with Crippen LogP contribution >= 0.6 is 0 Å². The van der Waals surface area contributed by atoms with E-state index >= 15 is 0 Å². The predicted molar refractivity (Wildman–Crippen MR) is 71.9 cm³/mol. The van der Waals surface area contributed by atoms with Crippen molar-refractivity contribution in [2.24, 2.45) is 0 Å². The van der Waals surface area contributed by atoms with E-state index in [-0.39, 0.29) is 5.97 Å². The van der Waals surface area contributed by atoms with Gasteiger partial charge in [0, 0.05) is 32.3 Å². The second-order valence-electron chi connectivity index (χ2n) is 3.46. The lowest BCUT2D eigenvalue weighted by Crippen LogP contribution is -2.39. The van der Waals surface area contributed by atoms with Gasteiger partial charge in [-0.1, -0.05) is 6.58 Å². The van der Waals surface area contributed by atoms with E-state index in [0.717, 1.165) is 6.04 Å². The highest BCUT2D eigenvalue weighted by atomic mass is 28.2. The molecular weight excluding hydrogens is 252 g/mol. The Morgan fingerprint density at radius 2 is 1.67 bits per heavy atom. The van der Waals surface area contributed by atoms with E-state index in [1.807, 2.05) is 20.8 Å². The van der Waals surface area contributed by atoms with Crippen LogP contribution in [-0.2, 0) is 23.4 Å². The molecule has 0 aromatic rings. The molecule has 0 saturated heterocycles. The third kappa shape index (κ3) is 6.90. The molecule has 0 saturated carbocycles. The van der Waals surface area contributed by atoms with Gasteiger partial charge in [0.1, 0.15) is 0 Å². The van der Waals surface area contributed by atoms with Crippen molar-refractivity contribution in [3.05, 3.63) is 12.7 Å². The Bertz CT molecular complexity index is 228. The number of carbonyl (C=O) groups excluding carboxylic acids is 1. The summed E-state index contributed by atoms with van der Waals surface area (Å²) in [6.07, 6.45) is 1.74. The van der Waals surface area contributed by atoms with Gasteiger partial charge in [-0.3, -0.25) is 0 Å². The maximum Gasteiger partial charge on any atom is 0.316 e. The fourth-order valence-electron chi connectivity index (χ4n) is 1.52. The summed E-state index contributed by atoms with van der Waals surface area (Å²) >= 11 is 0. The molecule has 0 atom stereocenters. The van der Waals surface area contributed by atoms with Crippen molar-refractivity contribution >= 4 is 15.7 Å². The van der Waals surface area contributed by atoms with Gasteiger partial charge in [-0.2, -0.15) is 0 Å². The van der Waals surface area contributed by atoms with Crippen molar-refractivity contribution in [1.29, 1.82) is 0 Å².